The maximum Gasteiger partial charge on any atom is 0.144 e. The van der Waals surface area contributed by atoms with Crippen LogP contribution in [0.2, 0.25) is 0 Å². The van der Waals surface area contributed by atoms with Crippen LogP contribution < -0.4 is 16.2 Å². The number of ether oxygens (including phenoxy) is 1. The predicted molar refractivity (Wildman–Crippen MR) is 95.4 cm³/mol. The Morgan fingerprint density at radius 2 is 1.76 bits per heavy atom. The lowest BCUT2D eigenvalue weighted by Crippen LogP contribution is -2.12. The summed E-state index contributed by atoms with van der Waals surface area (Å²) in [6.45, 7) is 0. The Hall–Kier alpha value is -3.68. The van der Waals surface area contributed by atoms with Crippen molar-refractivity contribution in [3.05, 3.63) is 59.8 Å². The average Bonchev–Trinajstić information content (AvgIpc) is 3.11. The standard InChI is InChI=1S/C17H17N7O/c1-25-15-6-5-12(17(20)21)8-14(15)24-9-13(22-23-24)10-3-2-4-11(7-10)16(18)19/h2-9H,1H3,(H3,18,19)(H3,20,21). The van der Waals surface area contributed by atoms with Crippen LogP contribution in [0.3, 0.4) is 0 Å². The van der Waals surface area contributed by atoms with Crippen molar-refractivity contribution in [2.45, 2.75) is 0 Å². The molecule has 1 heterocycles. The fourth-order valence-corrected chi connectivity index (χ4v) is 2.40. The third-order valence-corrected chi connectivity index (χ3v) is 3.70. The molecule has 0 spiro atoms. The number of hydrogen-bond donors (Lipinski definition) is 4. The van der Waals surface area contributed by atoms with Gasteiger partial charge in [-0.2, -0.15) is 0 Å². The van der Waals surface area contributed by atoms with Crippen molar-refractivity contribution in [2.24, 2.45) is 11.5 Å². The van der Waals surface area contributed by atoms with Crippen LogP contribution >= 0.6 is 0 Å². The summed E-state index contributed by atoms with van der Waals surface area (Å²) in [5.74, 6) is 0.530. The molecule has 0 aliphatic rings. The SMILES string of the molecule is COc1ccc(C(=N)N)cc1-n1cc(-c2cccc(C(=N)N)c2)nn1. The van der Waals surface area contributed by atoms with Gasteiger partial charge in [0.25, 0.3) is 0 Å². The van der Waals surface area contributed by atoms with E-state index in [9.17, 15) is 0 Å². The van der Waals surface area contributed by atoms with Gasteiger partial charge in [-0.3, -0.25) is 10.8 Å². The molecule has 0 bridgehead atoms. The zero-order valence-corrected chi connectivity index (χ0v) is 13.5. The number of nitrogens with one attached hydrogen (secondary N) is 2. The lowest BCUT2D eigenvalue weighted by atomic mass is 10.1. The van der Waals surface area contributed by atoms with E-state index in [4.69, 9.17) is 27.0 Å². The van der Waals surface area contributed by atoms with E-state index < -0.39 is 0 Å². The lowest BCUT2D eigenvalue weighted by molar-refractivity contribution is 0.411. The molecule has 3 rings (SSSR count). The molecule has 0 saturated heterocycles. The molecular formula is C17H17N7O. The number of benzene rings is 2. The number of rotatable bonds is 5. The molecule has 0 aliphatic heterocycles. The van der Waals surface area contributed by atoms with Crippen molar-refractivity contribution in [3.8, 4) is 22.7 Å². The fourth-order valence-electron chi connectivity index (χ4n) is 2.40. The summed E-state index contributed by atoms with van der Waals surface area (Å²) in [4.78, 5) is 0. The van der Waals surface area contributed by atoms with Crippen LogP contribution in [0.25, 0.3) is 16.9 Å². The summed E-state index contributed by atoms with van der Waals surface area (Å²) in [7, 11) is 1.56. The van der Waals surface area contributed by atoms with Crippen LogP contribution in [0, 0.1) is 10.8 Å². The van der Waals surface area contributed by atoms with Crippen molar-refractivity contribution in [1.82, 2.24) is 15.0 Å². The number of amidine groups is 2. The Balaban J connectivity index is 2.05. The van der Waals surface area contributed by atoms with Crippen LogP contribution in [-0.4, -0.2) is 33.8 Å². The number of hydrogen-bond acceptors (Lipinski definition) is 5. The topological polar surface area (TPSA) is 140 Å². The predicted octanol–water partition coefficient (Wildman–Crippen LogP) is 1.51. The minimum Gasteiger partial charge on any atom is -0.494 e. The first kappa shape index (κ1) is 16.2. The van der Waals surface area contributed by atoms with E-state index in [2.05, 4.69) is 10.3 Å². The minimum atomic E-state index is -0.0431. The van der Waals surface area contributed by atoms with Gasteiger partial charge in [0.2, 0.25) is 0 Å². The molecule has 0 saturated carbocycles. The van der Waals surface area contributed by atoms with Crippen molar-refractivity contribution in [2.75, 3.05) is 7.11 Å². The van der Waals surface area contributed by atoms with Gasteiger partial charge in [0.15, 0.2) is 0 Å². The zero-order valence-electron chi connectivity index (χ0n) is 13.5. The van der Waals surface area contributed by atoms with Gasteiger partial charge in [0, 0.05) is 16.7 Å². The monoisotopic (exact) mass is 335 g/mol. The molecule has 1 aromatic heterocycles. The third-order valence-electron chi connectivity index (χ3n) is 3.70. The van der Waals surface area contributed by atoms with E-state index in [1.807, 2.05) is 12.1 Å². The summed E-state index contributed by atoms with van der Waals surface area (Å²) in [5, 5.41) is 23.4. The highest BCUT2D eigenvalue weighted by atomic mass is 16.5. The summed E-state index contributed by atoms with van der Waals surface area (Å²) >= 11 is 0. The molecule has 0 atom stereocenters. The van der Waals surface area contributed by atoms with Gasteiger partial charge in [-0.15, -0.1) is 5.10 Å². The Kier molecular flexibility index (Phi) is 4.17. The van der Waals surface area contributed by atoms with Crippen LogP contribution in [0.5, 0.6) is 5.75 Å². The first-order chi connectivity index (χ1) is 12.0. The molecule has 2 aromatic carbocycles. The largest absolute Gasteiger partial charge is 0.494 e. The summed E-state index contributed by atoms with van der Waals surface area (Å²) in [6, 6.07) is 12.4. The summed E-state index contributed by atoms with van der Waals surface area (Å²) < 4.78 is 6.91. The number of nitrogens with zero attached hydrogens (tertiary/aromatic N) is 3. The van der Waals surface area contributed by atoms with Gasteiger partial charge in [0.1, 0.15) is 28.8 Å². The Morgan fingerprint density at radius 1 is 1.04 bits per heavy atom. The number of aromatic nitrogens is 3. The lowest BCUT2D eigenvalue weighted by Gasteiger charge is -2.09. The third kappa shape index (κ3) is 3.18. The first-order valence-corrected chi connectivity index (χ1v) is 7.39. The van der Waals surface area contributed by atoms with Gasteiger partial charge >= 0.3 is 0 Å². The van der Waals surface area contributed by atoms with E-state index >= 15 is 0 Å². The smallest absolute Gasteiger partial charge is 0.144 e. The summed E-state index contributed by atoms with van der Waals surface area (Å²) in [5.41, 5.74) is 14.3. The second kappa shape index (κ2) is 6.44. The Morgan fingerprint density at radius 3 is 2.44 bits per heavy atom. The van der Waals surface area contributed by atoms with E-state index in [1.54, 1.807) is 48.3 Å². The van der Waals surface area contributed by atoms with Crippen molar-refractivity contribution in [3.63, 3.8) is 0 Å². The molecule has 0 aliphatic carbocycles. The van der Waals surface area contributed by atoms with Crippen LogP contribution in [0.1, 0.15) is 11.1 Å². The average molecular weight is 335 g/mol. The van der Waals surface area contributed by atoms with Gasteiger partial charge in [-0.1, -0.05) is 23.4 Å². The van der Waals surface area contributed by atoms with Crippen molar-refractivity contribution >= 4 is 11.7 Å². The maximum atomic E-state index is 7.59. The fraction of sp³-hybridized carbons (Fsp3) is 0.0588. The summed E-state index contributed by atoms with van der Waals surface area (Å²) in [6.07, 6.45) is 1.74. The molecule has 8 heteroatoms. The highest BCUT2D eigenvalue weighted by molar-refractivity contribution is 5.96. The van der Waals surface area contributed by atoms with Crippen LogP contribution in [-0.2, 0) is 0 Å². The Bertz CT molecular complexity index is 961. The highest BCUT2D eigenvalue weighted by Gasteiger charge is 2.12. The molecule has 0 unspecified atom stereocenters. The molecule has 0 amide bonds. The molecule has 8 nitrogen and oxygen atoms in total. The van der Waals surface area contributed by atoms with Crippen LogP contribution in [0.4, 0.5) is 0 Å². The molecule has 25 heavy (non-hydrogen) atoms. The number of nitrogen functional groups attached to an aromatic ring is 2. The normalized spacial score (nSPS) is 10.4. The molecule has 3 aromatic rings. The van der Waals surface area contributed by atoms with Crippen molar-refractivity contribution in [1.29, 1.82) is 10.8 Å². The molecular weight excluding hydrogens is 318 g/mol. The van der Waals surface area contributed by atoms with E-state index in [-0.39, 0.29) is 11.7 Å². The molecule has 0 fully saturated rings. The Labute approximate surface area is 144 Å². The maximum absolute atomic E-state index is 7.59. The second-order valence-corrected chi connectivity index (χ2v) is 5.34. The zero-order chi connectivity index (χ0) is 18.0. The van der Waals surface area contributed by atoms with E-state index in [1.165, 1.54) is 0 Å². The molecule has 0 radical (unpaired) electrons. The number of nitrogens with two attached hydrogens (primary N) is 2. The highest BCUT2D eigenvalue weighted by Crippen LogP contribution is 2.25. The first-order valence-electron chi connectivity index (χ1n) is 7.39. The number of methoxy groups -OCH3 is 1. The quantitative estimate of drug-likeness (QED) is 0.413. The van der Waals surface area contributed by atoms with Crippen molar-refractivity contribution < 1.29 is 4.74 Å². The van der Waals surface area contributed by atoms with Gasteiger partial charge in [0.05, 0.1) is 13.3 Å². The van der Waals surface area contributed by atoms with Crippen LogP contribution in [0.15, 0.2) is 48.7 Å². The van der Waals surface area contributed by atoms with Gasteiger partial charge in [-0.25, -0.2) is 4.68 Å². The van der Waals surface area contributed by atoms with E-state index in [0.29, 0.717) is 28.3 Å². The molecule has 126 valence electrons. The molecule has 6 N–H and O–H groups in total. The second-order valence-electron chi connectivity index (χ2n) is 5.34. The van der Waals surface area contributed by atoms with Gasteiger partial charge in [-0.05, 0) is 24.3 Å². The van der Waals surface area contributed by atoms with Gasteiger partial charge < -0.3 is 16.2 Å². The van der Waals surface area contributed by atoms with E-state index in [0.717, 1.165) is 5.56 Å². The minimum absolute atomic E-state index is 0.00919.